The molecular weight excluding hydrogens is 344 g/mol. The van der Waals surface area contributed by atoms with Crippen molar-refractivity contribution < 1.29 is 9.53 Å². The lowest BCUT2D eigenvalue weighted by atomic mass is 10.1. The molecule has 4 nitrogen and oxygen atoms in total. The Morgan fingerprint density at radius 3 is 3.05 bits per heavy atom. The van der Waals surface area contributed by atoms with Crippen LogP contribution in [0.2, 0.25) is 5.02 Å². The van der Waals surface area contributed by atoms with Gasteiger partial charge in [0.25, 0.3) is 5.91 Å². The van der Waals surface area contributed by atoms with E-state index >= 15 is 0 Å². The van der Waals surface area contributed by atoms with Gasteiger partial charge in [-0.05, 0) is 60.4 Å². The first kappa shape index (κ1) is 15.6. The van der Waals surface area contributed by atoms with Gasteiger partial charge >= 0.3 is 0 Å². The van der Waals surface area contributed by atoms with Gasteiger partial charge in [0.15, 0.2) is 6.10 Å². The molecule has 1 heterocycles. The fourth-order valence-electron chi connectivity index (χ4n) is 2.11. The lowest BCUT2D eigenvalue weighted by Gasteiger charge is -2.25. The van der Waals surface area contributed by atoms with Gasteiger partial charge in [-0.15, -0.1) is 0 Å². The molecule has 2 rings (SSSR count). The third-order valence-corrected chi connectivity index (χ3v) is 4.06. The van der Waals surface area contributed by atoms with Gasteiger partial charge in [0, 0.05) is 17.6 Å². The third kappa shape index (κ3) is 4.36. The normalized spacial score (nSPS) is 20.2. The maximum absolute atomic E-state index is 12.1. The van der Waals surface area contributed by atoms with Crippen LogP contribution in [0, 0.1) is 0 Å². The quantitative estimate of drug-likeness (QED) is 0.867. The number of ether oxygens (including phenoxy) is 1. The maximum Gasteiger partial charge on any atom is 0.261 e. The number of halogens is 2. The van der Waals surface area contributed by atoms with Crippen LogP contribution in [0.25, 0.3) is 0 Å². The van der Waals surface area contributed by atoms with Crippen molar-refractivity contribution in [2.75, 3.05) is 13.1 Å². The van der Waals surface area contributed by atoms with E-state index in [2.05, 4.69) is 26.6 Å². The van der Waals surface area contributed by atoms with Crippen LogP contribution < -0.4 is 15.4 Å². The zero-order valence-electron chi connectivity index (χ0n) is 11.3. The molecule has 1 aromatic rings. The largest absolute Gasteiger partial charge is 0.480 e. The van der Waals surface area contributed by atoms with E-state index in [4.69, 9.17) is 16.3 Å². The zero-order valence-corrected chi connectivity index (χ0v) is 13.6. The van der Waals surface area contributed by atoms with E-state index in [0.29, 0.717) is 10.8 Å². The Balaban J connectivity index is 1.89. The molecule has 0 spiro atoms. The Kier molecular flexibility index (Phi) is 5.69. The standard InChI is InChI=1S/C14H18BrClN2O2/c1-9(14(19)18-11-3-2-6-17-8-11)20-13-5-4-10(16)7-12(13)15/h4-5,7,9,11,17H,2-3,6,8H2,1H3,(H,18,19)/t9?,11-/m0/s1. The number of nitrogens with one attached hydrogen (secondary N) is 2. The van der Waals surface area contributed by atoms with Gasteiger partial charge in [-0.2, -0.15) is 0 Å². The first-order valence-electron chi connectivity index (χ1n) is 6.69. The highest BCUT2D eigenvalue weighted by Gasteiger charge is 2.21. The molecule has 1 saturated heterocycles. The molecule has 0 bridgehead atoms. The molecule has 1 amide bonds. The van der Waals surface area contributed by atoms with Crippen LogP contribution in [0.5, 0.6) is 5.75 Å². The average molecular weight is 362 g/mol. The highest BCUT2D eigenvalue weighted by atomic mass is 79.9. The van der Waals surface area contributed by atoms with Gasteiger partial charge in [0.2, 0.25) is 0 Å². The molecule has 20 heavy (non-hydrogen) atoms. The van der Waals surface area contributed by atoms with Crippen LogP contribution in [-0.2, 0) is 4.79 Å². The van der Waals surface area contributed by atoms with Gasteiger partial charge in [0.1, 0.15) is 5.75 Å². The van der Waals surface area contributed by atoms with E-state index < -0.39 is 6.10 Å². The van der Waals surface area contributed by atoms with Crippen molar-refractivity contribution in [3.05, 3.63) is 27.7 Å². The van der Waals surface area contributed by atoms with E-state index in [1.54, 1.807) is 25.1 Å². The number of carbonyl (C=O) groups is 1. The molecule has 0 saturated carbocycles. The fraction of sp³-hybridized carbons (Fsp3) is 0.500. The second kappa shape index (κ2) is 7.29. The van der Waals surface area contributed by atoms with Crippen molar-refractivity contribution in [1.29, 1.82) is 0 Å². The molecule has 1 unspecified atom stereocenters. The van der Waals surface area contributed by atoms with E-state index in [9.17, 15) is 4.79 Å². The Labute approximate surface area is 132 Å². The minimum absolute atomic E-state index is 0.0967. The van der Waals surface area contributed by atoms with Crippen LogP contribution in [0.4, 0.5) is 0 Å². The lowest BCUT2D eigenvalue weighted by Crippen LogP contribution is -2.49. The van der Waals surface area contributed by atoms with Gasteiger partial charge < -0.3 is 15.4 Å². The number of piperidine rings is 1. The van der Waals surface area contributed by atoms with Crippen molar-refractivity contribution in [3.8, 4) is 5.75 Å². The summed E-state index contributed by atoms with van der Waals surface area (Å²) in [5, 5.41) is 6.89. The van der Waals surface area contributed by atoms with Gasteiger partial charge in [-0.1, -0.05) is 11.6 Å². The molecule has 2 N–H and O–H groups in total. The minimum atomic E-state index is -0.547. The van der Waals surface area contributed by atoms with Crippen molar-refractivity contribution in [1.82, 2.24) is 10.6 Å². The first-order chi connectivity index (χ1) is 9.56. The van der Waals surface area contributed by atoms with Crippen molar-refractivity contribution in [2.24, 2.45) is 0 Å². The predicted molar refractivity (Wildman–Crippen MR) is 83.3 cm³/mol. The summed E-state index contributed by atoms with van der Waals surface area (Å²) in [4.78, 5) is 12.1. The second-order valence-corrected chi connectivity index (χ2v) is 6.18. The Morgan fingerprint density at radius 1 is 1.60 bits per heavy atom. The second-order valence-electron chi connectivity index (χ2n) is 4.89. The highest BCUT2D eigenvalue weighted by Crippen LogP contribution is 2.28. The Bertz CT molecular complexity index is 478. The molecule has 0 radical (unpaired) electrons. The third-order valence-electron chi connectivity index (χ3n) is 3.21. The molecule has 1 fully saturated rings. The Morgan fingerprint density at radius 2 is 2.40 bits per heavy atom. The first-order valence-corrected chi connectivity index (χ1v) is 7.86. The molecule has 6 heteroatoms. The number of benzene rings is 1. The Hall–Kier alpha value is -0.780. The number of carbonyl (C=O) groups excluding carboxylic acids is 1. The van der Waals surface area contributed by atoms with Gasteiger partial charge in [0.05, 0.1) is 4.47 Å². The van der Waals surface area contributed by atoms with Crippen LogP contribution in [0.3, 0.4) is 0 Å². The van der Waals surface area contributed by atoms with Gasteiger partial charge in [-0.25, -0.2) is 0 Å². The predicted octanol–water partition coefficient (Wildman–Crippen LogP) is 2.74. The number of rotatable bonds is 4. The van der Waals surface area contributed by atoms with Crippen LogP contribution in [0.1, 0.15) is 19.8 Å². The van der Waals surface area contributed by atoms with Crippen LogP contribution in [-0.4, -0.2) is 31.1 Å². The van der Waals surface area contributed by atoms with Crippen molar-refractivity contribution in [3.63, 3.8) is 0 Å². The minimum Gasteiger partial charge on any atom is -0.480 e. The summed E-state index contributed by atoms with van der Waals surface area (Å²) < 4.78 is 6.41. The summed E-state index contributed by atoms with van der Waals surface area (Å²) in [5.41, 5.74) is 0. The molecule has 0 aromatic heterocycles. The topological polar surface area (TPSA) is 50.4 Å². The molecule has 1 aliphatic heterocycles. The number of hydrogen-bond acceptors (Lipinski definition) is 3. The number of amides is 1. The van der Waals surface area contributed by atoms with Crippen molar-refractivity contribution >= 4 is 33.4 Å². The monoisotopic (exact) mass is 360 g/mol. The summed E-state index contributed by atoms with van der Waals surface area (Å²) in [6.45, 7) is 3.59. The summed E-state index contributed by atoms with van der Waals surface area (Å²) >= 11 is 9.25. The molecule has 1 aromatic carbocycles. The lowest BCUT2D eigenvalue weighted by molar-refractivity contribution is -0.128. The smallest absolute Gasteiger partial charge is 0.261 e. The molecule has 2 atom stereocenters. The van der Waals surface area contributed by atoms with E-state index in [1.807, 2.05) is 0 Å². The molecular formula is C14H18BrClN2O2. The summed E-state index contributed by atoms with van der Waals surface area (Å²) in [7, 11) is 0. The zero-order chi connectivity index (χ0) is 14.5. The molecule has 110 valence electrons. The van der Waals surface area contributed by atoms with Crippen LogP contribution >= 0.6 is 27.5 Å². The summed E-state index contributed by atoms with van der Waals surface area (Å²) in [6.07, 6.45) is 1.55. The SMILES string of the molecule is CC(Oc1ccc(Cl)cc1Br)C(=O)N[C@H]1CCCNC1. The number of hydrogen-bond donors (Lipinski definition) is 2. The van der Waals surface area contributed by atoms with Crippen LogP contribution in [0.15, 0.2) is 22.7 Å². The maximum atomic E-state index is 12.1. The molecule has 1 aliphatic rings. The summed E-state index contributed by atoms with van der Waals surface area (Å²) in [5.74, 6) is 0.513. The van der Waals surface area contributed by atoms with E-state index in [1.165, 1.54) is 0 Å². The van der Waals surface area contributed by atoms with E-state index in [0.717, 1.165) is 30.4 Å². The molecule has 0 aliphatic carbocycles. The average Bonchev–Trinajstić information content (AvgIpc) is 2.43. The highest BCUT2D eigenvalue weighted by molar-refractivity contribution is 9.10. The van der Waals surface area contributed by atoms with Gasteiger partial charge in [-0.3, -0.25) is 4.79 Å². The summed E-state index contributed by atoms with van der Waals surface area (Å²) in [6, 6.07) is 5.42. The fourth-order valence-corrected chi connectivity index (χ4v) is 2.88. The van der Waals surface area contributed by atoms with E-state index in [-0.39, 0.29) is 11.9 Å². The van der Waals surface area contributed by atoms with Crippen molar-refractivity contribution in [2.45, 2.75) is 31.9 Å².